The molecule has 0 spiro atoms. The minimum absolute atomic E-state index is 0.313. The molecule has 2 nitrogen and oxygen atoms in total. The van der Waals surface area contributed by atoms with Gasteiger partial charge in [-0.25, -0.2) is 0 Å². The highest BCUT2D eigenvalue weighted by Gasteiger charge is 2.09. The Bertz CT molecular complexity index is 582. The zero-order valence-corrected chi connectivity index (χ0v) is 10.6. The summed E-state index contributed by atoms with van der Waals surface area (Å²) in [5, 5.41) is 12.5. The molecule has 1 unspecified atom stereocenters. The first kappa shape index (κ1) is 12.2. The Labute approximate surface area is 108 Å². The molecule has 2 heteroatoms. The maximum Gasteiger partial charge on any atom is 0.140 e. The molecule has 0 aliphatic rings. The van der Waals surface area contributed by atoms with E-state index in [0.29, 0.717) is 0 Å². The largest absolute Gasteiger partial charge is 0.366 e. The van der Waals surface area contributed by atoms with Crippen LogP contribution in [0.3, 0.4) is 0 Å². The van der Waals surface area contributed by atoms with Crippen molar-refractivity contribution in [2.45, 2.75) is 19.9 Å². The van der Waals surface area contributed by atoms with Gasteiger partial charge in [0.05, 0.1) is 6.07 Å². The molecule has 0 radical (unpaired) electrons. The van der Waals surface area contributed by atoms with Gasteiger partial charge in [0.1, 0.15) is 6.04 Å². The summed E-state index contributed by atoms with van der Waals surface area (Å²) in [4.78, 5) is 0. The van der Waals surface area contributed by atoms with E-state index in [4.69, 9.17) is 0 Å². The van der Waals surface area contributed by atoms with Crippen LogP contribution in [0.2, 0.25) is 0 Å². The fourth-order valence-electron chi connectivity index (χ4n) is 1.94. The van der Waals surface area contributed by atoms with Gasteiger partial charge in [-0.3, -0.25) is 0 Å². The van der Waals surface area contributed by atoms with Crippen molar-refractivity contribution in [3.8, 4) is 6.07 Å². The maximum absolute atomic E-state index is 9.29. The Hall–Kier alpha value is -2.27. The average Bonchev–Trinajstić information content (AvgIpc) is 2.36. The van der Waals surface area contributed by atoms with E-state index in [-0.39, 0.29) is 6.04 Å². The number of nitrogens with one attached hydrogen (secondary N) is 1. The molecule has 0 fully saturated rings. The molecule has 2 aromatic rings. The second-order valence-electron chi connectivity index (χ2n) is 4.49. The fraction of sp³-hybridized carbons (Fsp3) is 0.188. The van der Waals surface area contributed by atoms with E-state index in [1.165, 1.54) is 11.1 Å². The first-order valence-corrected chi connectivity index (χ1v) is 5.98. The van der Waals surface area contributed by atoms with Crippen LogP contribution in [-0.4, -0.2) is 0 Å². The SMILES string of the molecule is Cc1cccc(NC(C#N)c2cccc(C)c2)c1. The van der Waals surface area contributed by atoms with Crippen LogP contribution < -0.4 is 5.32 Å². The predicted molar refractivity (Wildman–Crippen MR) is 74.3 cm³/mol. The Balaban J connectivity index is 2.23. The molecule has 90 valence electrons. The third-order valence-electron chi connectivity index (χ3n) is 2.83. The standard InChI is InChI=1S/C16H16N2/c1-12-5-3-7-14(9-12)16(11-17)18-15-8-4-6-13(2)10-15/h3-10,16,18H,1-2H3. The van der Waals surface area contributed by atoms with Crippen LogP contribution in [0, 0.1) is 25.2 Å². The summed E-state index contributed by atoms with van der Waals surface area (Å²) < 4.78 is 0. The van der Waals surface area contributed by atoms with Crippen molar-refractivity contribution in [3.63, 3.8) is 0 Å². The number of nitriles is 1. The molecule has 0 aliphatic heterocycles. The van der Waals surface area contributed by atoms with Crippen molar-refractivity contribution < 1.29 is 0 Å². The molecule has 18 heavy (non-hydrogen) atoms. The molecular formula is C16H16N2. The molecule has 0 saturated carbocycles. The number of hydrogen-bond donors (Lipinski definition) is 1. The van der Waals surface area contributed by atoms with Crippen molar-refractivity contribution in [2.75, 3.05) is 5.32 Å². The third kappa shape index (κ3) is 2.89. The second-order valence-corrected chi connectivity index (χ2v) is 4.49. The number of nitrogens with zero attached hydrogens (tertiary/aromatic N) is 1. The van der Waals surface area contributed by atoms with Gasteiger partial charge in [-0.05, 0) is 37.1 Å². The van der Waals surface area contributed by atoms with E-state index in [1.807, 2.05) is 62.4 Å². The van der Waals surface area contributed by atoms with Gasteiger partial charge in [-0.15, -0.1) is 0 Å². The van der Waals surface area contributed by atoms with Crippen LogP contribution in [0.15, 0.2) is 48.5 Å². The third-order valence-corrected chi connectivity index (χ3v) is 2.83. The van der Waals surface area contributed by atoms with Crippen molar-refractivity contribution >= 4 is 5.69 Å². The van der Waals surface area contributed by atoms with E-state index >= 15 is 0 Å². The van der Waals surface area contributed by atoms with Gasteiger partial charge < -0.3 is 5.32 Å². The van der Waals surface area contributed by atoms with Crippen molar-refractivity contribution in [1.82, 2.24) is 0 Å². The van der Waals surface area contributed by atoms with E-state index < -0.39 is 0 Å². The van der Waals surface area contributed by atoms with E-state index in [2.05, 4.69) is 11.4 Å². The summed E-state index contributed by atoms with van der Waals surface area (Å²) in [5.41, 5.74) is 4.32. The van der Waals surface area contributed by atoms with Crippen LogP contribution in [0.25, 0.3) is 0 Å². The highest BCUT2D eigenvalue weighted by atomic mass is 14.9. The van der Waals surface area contributed by atoms with Gasteiger partial charge in [0.15, 0.2) is 0 Å². The number of hydrogen-bond acceptors (Lipinski definition) is 2. The lowest BCUT2D eigenvalue weighted by Gasteiger charge is -2.14. The molecule has 2 rings (SSSR count). The molecule has 0 heterocycles. The molecule has 0 bridgehead atoms. The first-order chi connectivity index (χ1) is 8.69. The lowest BCUT2D eigenvalue weighted by molar-refractivity contribution is 0.993. The molecule has 0 saturated heterocycles. The van der Waals surface area contributed by atoms with Gasteiger partial charge in [0.25, 0.3) is 0 Å². The van der Waals surface area contributed by atoms with Crippen molar-refractivity contribution in [1.29, 1.82) is 5.26 Å². The minimum atomic E-state index is -0.313. The van der Waals surface area contributed by atoms with Crippen LogP contribution in [0.1, 0.15) is 22.7 Å². The molecular weight excluding hydrogens is 220 g/mol. The minimum Gasteiger partial charge on any atom is -0.366 e. The van der Waals surface area contributed by atoms with Crippen molar-refractivity contribution in [3.05, 3.63) is 65.2 Å². The molecule has 0 aliphatic carbocycles. The fourth-order valence-corrected chi connectivity index (χ4v) is 1.94. The van der Waals surface area contributed by atoms with Gasteiger partial charge in [0.2, 0.25) is 0 Å². The van der Waals surface area contributed by atoms with Gasteiger partial charge in [-0.2, -0.15) is 5.26 Å². The zero-order valence-electron chi connectivity index (χ0n) is 10.6. The number of aryl methyl sites for hydroxylation is 2. The van der Waals surface area contributed by atoms with E-state index in [9.17, 15) is 5.26 Å². The molecule has 0 amide bonds. The van der Waals surface area contributed by atoms with E-state index in [0.717, 1.165) is 11.3 Å². The second kappa shape index (κ2) is 5.37. The Morgan fingerprint density at radius 1 is 1.00 bits per heavy atom. The summed E-state index contributed by atoms with van der Waals surface area (Å²) in [6.45, 7) is 4.07. The Kier molecular flexibility index (Phi) is 3.64. The lowest BCUT2D eigenvalue weighted by Crippen LogP contribution is -2.08. The molecule has 1 N–H and O–H groups in total. The van der Waals surface area contributed by atoms with Crippen LogP contribution in [0.5, 0.6) is 0 Å². The van der Waals surface area contributed by atoms with Gasteiger partial charge >= 0.3 is 0 Å². The monoisotopic (exact) mass is 236 g/mol. The number of rotatable bonds is 3. The summed E-state index contributed by atoms with van der Waals surface area (Å²) in [6.07, 6.45) is 0. The van der Waals surface area contributed by atoms with Gasteiger partial charge in [-0.1, -0.05) is 42.0 Å². The topological polar surface area (TPSA) is 35.8 Å². The summed E-state index contributed by atoms with van der Waals surface area (Å²) in [5.74, 6) is 0. The van der Waals surface area contributed by atoms with Gasteiger partial charge in [0, 0.05) is 5.69 Å². The average molecular weight is 236 g/mol. The highest BCUT2D eigenvalue weighted by Crippen LogP contribution is 2.20. The molecule has 2 aromatic carbocycles. The van der Waals surface area contributed by atoms with Crippen LogP contribution in [-0.2, 0) is 0 Å². The number of benzene rings is 2. The smallest absolute Gasteiger partial charge is 0.140 e. The predicted octanol–water partition coefficient (Wildman–Crippen LogP) is 3.98. The maximum atomic E-state index is 9.29. The molecule has 0 aromatic heterocycles. The summed E-state index contributed by atoms with van der Waals surface area (Å²) in [6, 6.07) is 18.1. The molecule has 1 atom stereocenters. The normalized spacial score (nSPS) is 11.6. The highest BCUT2D eigenvalue weighted by molar-refractivity contribution is 5.49. The summed E-state index contributed by atoms with van der Waals surface area (Å²) in [7, 11) is 0. The van der Waals surface area contributed by atoms with Crippen LogP contribution >= 0.6 is 0 Å². The lowest BCUT2D eigenvalue weighted by atomic mass is 10.0. The Morgan fingerprint density at radius 3 is 2.28 bits per heavy atom. The zero-order chi connectivity index (χ0) is 13.0. The van der Waals surface area contributed by atoms with Crippen molar-refractivity contribution in [2.24, 2.45) is 0 Å². The quantitative estimate of drug-likeness (QED) is 0.875. The van der Waals surface area contributed by atoms with Crippen LogP contribution in [0.4, 0.5) is 5.69 Å². The number of anilines is 1. The first-order valence-electron chi connectivity index (χ1n) is 5.98. The van der Waals surface area contributed by atoms with E-state index in [1.54, 1.807) is 0 Å². The summed E-state index contributed by atoms with van der Waals surface area (Å²) >= 11 is 0. The Morgan fingerprint density at radius 2 is 1.67 bits per heavy atom.